The standard InChI is InChI=1S/C41H77NO3/c1-3-5-7-9-11-13-15-17-19-21-22-24-26-28-30-32-34-36-40(44)39(38-43)42-41(45)37-35-33-31-29-27-25-23-20-18-16-14-12-10-8-6-4-2/h19,21,26,28,34,36,39-40,43-44H,3-18,20,22-25,27,29-33,35,37-38H2,1-2H3,(H,42,45)/b21-19+,28-26+,36-34+. The fourth-order valence-electron chi connectivity index (χ4n) is 5.80. The second-order valence-electron chi connectivity index (χ2n) is 13.3. The number of aliphatic hydroxyl groups excluding tert-OH is 2. The normalized spacial score (nSPS) is 13.4. The Bertz CT molecular complexity index is 686. The molecule has 0 aliphatic rings. The van der Waals surface area contributed by atoms with Crippen molar-refractivity contribution in [1.29, 1.82) is 0 Å². The van der Waals surface area contributed by atoms with Crippen LogP contribution in [0, 0.1) is 0 Å². The van der Waals surface area contributed by atoms with E-state index in [1.165, 1.54) is 141 Å². The quantitative estimate of drug-likeness (QED) is 0.0481. The minimum atomic E-state index is -0.866. The van der Waals surface area contributed by atoms with Crippen LogP contribution >= 0.6 is 0 Å². The van der Waals surface area contributed by atoms with Crippen LogP contribution in [0.15, 0.2) is 36.5 Å². The van der Waals surface area contributed by atoms with E-state index in [9.17, 15) is 15.0 Å². The van der Waals surface area contributed by atoms with Crippen LogP contribution in [0.2, 0.25) is 0 Å². The van der Waals surface area contributed by atoms with Gasteiger partial charge in [0, 0.05) is 6.42 Å². The molecule has 1 amide bonds. The molecule has 0 radical (unpaired) electrons. The topological polar surface area (TPSA) is 69.6 Å². The first-order chi connectivity index (χ1) is 22.2. The van der Waals surface area contributed by atoms with E-state index >= 15 is 0 Å². The Kier molecular flexibility index (Phi) is 35.9. The van der Waals surface area contributed by atoms with Crippen molar-refractivity contribution in [1.82, 2.24) is 5.32 Å². The maximum Gasteiger partial charge on any atom is 0.220 e. The van der Waals surface area contributed by atoms with Crippen molar-refractivity contribution in [2.45, 2.75) is 212 Å². The molecule has 264 valence electrons. The van der Waals surface area contributed by atoms with E-state index in [0.29, 0.717) is 6.42 Å². The third-order valence-electron chi connectivity index (χ3n) is 8.85. The minimum absolute atomic E-state index is 0.0775. The molecule has 0 aromatic carbocycles. The molecular formula is C41H77NO3. The second-order valence-corrected chi connectivity index (χ2v) is 13.3. The van der Waals surface area contributed by atoms with Crippen LogP contribution in [0.1, 0.15) is 200 Å². The SMILES string of the molecule is CCCCCCCCC/C=C/CC/C=C/CC/C=C/C(O)C(CO)NC(=O)CCCCCCCCCCCCCCCCCC. The van der Waals surface area contributed by atoms with Crippen molar-refractivity contribution in [3.05, 3.63) is 36.5 Å². The lowest BCUT2D eigenvalue weighted by Gasteiger charge is -2.19. The summed E-state index contributed by atoms with van der Waals surface area (Å²) in [4.78, 5) is 12.3. The van der Waals surface area contributed by atoms with Crippen molar-refractivity contribution < 1.29 is 15.0 Å². The van der Waals surface area contributed by atoms with Crippen LogP contribution in [-0.4, -0.2) is 34.9 Å². The number of amides is 1. The molecule has 0 saturated heterocycles. The van der Waals surface area contributed by atoms with E-state index in [4.69, 9.17) is 0 Å². The zero-order valence-electron chi connectivity index (χ0n) is 30.1. The summed E-state index contributed by atoms with van der Waals surface area (Å²) in [7, 11) is 0. The highest BCUT2D eigenvalue weighted by molar-refractivity contribution is 5.76. The van der Waals surface area contributed by atoms with Gasteiger partial charge in [-0.1, -0.05) is 185 Å². The van der Waals surface area contributed by atoms with E-state index in [1.54, 1.807) is 6.08 Å². The first kappa shape index (κ1) is 43.6. The molecule has 4 heteroatoms. The third-order valence-corrected chi connectivity index (χ3v) is 8.85. The predicted molar refractivity (Wildman–Crippen MR) is 198 cm³/mol. The number of rotatable bonds is 35. The van der Waals surface area contributed by atoms with E-state index in [2.05, 4.69) is 43.5 Å². The van der Waals surface area contributed by atoms with E-state index in [1.807, 2.05) is 6.08 Å². The summed E-state index contributed by atoms with van der Waals surface area (Å²) in [5, 5.41) is 22.9. The van der Waals surface area contributed by atoms with Crippen molar-refractivity contribution in [2.24, 2.45) is 0 Å². The van der Waals surface area contributed by atoms with Crippen LogP contribution in [0.4, 0.5) is 0 Å². The zero-order valence-corrected chi connectivity index (χ0v) is 30.1. The predicted octanol–water partition coefficient (Wildman–Crippen LogP) is 11.8. The van der Waals surface area contributed by atoms with Gasteiger partial charge < -0.3 is 15.5 Å². The molecule has 0 aliphatic heterocycles. The van der Waals surface area contributed by atoms with Crippen LogP contribution in [-0.2, 0) is 4.79 Å². The van der Waals surface area contributed by atoms with Crippen molar-refractivity contribution in [3.63, 3.8) is 0 Å². The first-order valence-corrected chi connectivity index (χ1v) is 19.7. The number of unbranched alkanes of at least 4 members (excludes halogenated alkanes) is 24. The largest absolute Gasteiger partial charge is 0.394 e. The van der Waals surface area contributed by atoms with Crippen LogP contribution < -0.4 is 5.32 Å². The minimum Gasteiger partial charge on any atom is -0.394 e. The Labute approximate surface area is 281 Å². The summed E-state index contributed by atoms with van der Waals surface area (Å²) >= 11 is 0. The van der Waals surface area contributed by atoms with Gasteiger partial charge in [-0.15, -0.1) is 0 Å². The number of carbonyl (C=O) groups is 1. The van der Waals surface area contributed by atoms with Gasteiger partial charge in [0.2, 0.25) is 5.91 Å². The zero-order chi connectivity index (χ0) is 32.9. The monoisotopic (exact) mass is 632 g/mol. The molecule has 45 heavy (non-hydrogen) atoms. The van der Waals surface area contributed by atoms with Gasteiger partial charge in [-0.25, -0.2) is 0 Å². The summed E-state index contributed by atoms with van der Waals surface area (Å²) in [6.07, 6.45) is 48.0. The lowest BCUT2D eigenvalue weighted by Crippen LogP contribution is -2.45. The molecule has 2 unspecified atom stereocenters. The third kappa shape index (κ3) is 33.8. The van der Waals surface area contributed by atoms with Gasteiger partial charge in [-0.2, -0.15) is 0 Å². The molecular weight excluding hydrogens is 554 g/mol. The van der Waals surface area contributed by atoms with Gasteiger partial charge in [-0.05, 0) is 44.9 Å². The smallest absolute Gasteiger partial charge is 0.220 e. The first-order valence-electron chi connectivity index (χ1n) is 19.7. The highest BCUT2D eigenvalue weighted by Crippen LogP contribution is 2.14. The maximum atomic E-state index is 12.3. The average Bonchev–Trinajstić information content (AvgIpc) is 3.04. The Balaban J connectivity index is 3.67. The molecule has 0 spiro atoms. The molecule has 0 bridgehead atoms. The number of carbonyl (C=O) groups excluding carboxylic acids is 1. The average molecular weight is 632 g/mol. The van der Waals surface area contributed by atoms with Gasteiger partial charge in [0.15, 0.2) is 0 Å². The molecule has 0 rings (SSSR count). The second kappa shape index (κ2) is 37.1. The Morgan fingerprint density at radius 1 is 0.511 bits per heavy atom. The van der Waals surface area contributed by atoms with Crippen molar-refractivity contribution in [2.75, 3.05) is 6.61 Å². The Morgan fingerprint density at radius 2 is 0.867 bits per heavy atom. The van der Waals surface area contributed by atoms with Crippen LogP contribution in [0.25, 0.3) is 0 Å². The lowest BCUT2D eigenvalue weighted by molar-refractivity contribution is -0.123. The molecule has 3 N–H and O–H groups in total. The Hall–Kier alpha value is -1.39. The highest BCUT2D eigenvalue weighted by atomic mass is 16.3. The van der Waals surface area contributed by atoms with Gasteiger partial charge in [0.25, 0.3) is 0 Å². The molecule has 0 aromatic rings. The summed E-state index contributed by atoms with van der Waals surface area (Å²) < 4.78 is 0. The summed E-state index contributed by atoms with van der Waals surface area (Å²) in [6, 6.07) is -0.641. The van der Waals surface area contributed by atoms with Crippen molar-refractivity contribution in [3.8, 4) is 0 Å². The van der Waals surface area contributed by atoms with Gasteiger partial charge in [-0.3, -0.25) is 4.79 Å². The number of aliphatic hydroxyl groups is 2. The molecule has 0 aliphatic carbocycles. The molecule has 4 nitrogen and oxygen atoms in total. The number of hydrogen-bond acceptors (Lipinski definition) is 3. The molecule has 2 atom stereocenters. The molecule has 0 aromatic heterocycles. The van der Waals surface area contributed by atoms with Crippen molar-refractivity contribution >= 4 is 5.91 Å². The Morgan fingerprint density at radius 3 is 1.29 bits per heavy atom. The summed E-state index contributed by atoms with van der Waals surface area (Å²) in [5.41, 5.74) is 0. The number of hydrogen-bond donors (Lipinski definition) is 3. The lowest BCUT2D eigenvalue weighted by atomic mass is 10.0. The maximum absolute atomic E-state index is 12.3. The molecule has 0 heterocycles. The van der Waals surface area contributed by atoms with Gasteiger partial charge >= 0.3 is 0 Å². The fraction of sp³-hybridized carbons (Fsp3) is 0.829. The van der Waals surface area contributed by atoms with Gasteiger partial charge in [0.1, 0.15) is 0 Å². The number of nitrogens with one attached hydrogen (secondary N) is 1. The van der Waals surface area contributed by atoms with E-state index in [-0.39, 0.29) is 12.5 Å². The van der Waals surface area contributed by atoms with Crippen LogP contribution in [0.3, 0.4) is 0 Å². The van der Waals surface area contributed by atoms with Crippen LogP contribution in [0.5, 0.6) is 0 Å². The molecule has 0 saturated carbocycles. The van der Waals surface area contributed by atoms with E-state index < -0.39 is 12.1 Å². The fourth-order valence-corrected chi connectivity index (χ4v) is 5.80. The van der Waals surface area contributed by atoms with E-state index in [0.717, 1.165) is 38.5 Å². The highest BCUT2D eigenvalue weighted by Gasteiger charge is 2.17. The summed E-state index contributed by atoms with van der Waals surface area (Å²) in [5.74, 6) is -0.0775. The number of allylic oxidation sites excluding steroid dienone is 5. The molecule has 0 fully saturated rings. The van der Waals surface area contributed by atoms with Gasteiger partial charge in [0.05, 0.1) is 18.8 Å². The summed E-state index contributed by atoms with van der Waals surface area (Å²) in [6.45, 7) is 4.28.